The van der Waals surface area contributed by atoms with E-state index in [0.717, 1.165) is 20.9 Å². The van der Waals surface area contributed by atoms with E-state index in [1.165, 1.54) is 16.2 Å². The van der Waals surface area contributed by atoms with Crippen molar-refractivity contribution in [2.45, 2.75) is 13.2 Å². The molecule has 0 spiro atoms. The second-order valence-corrected chi connectivity index (χ2v) is 6.22. The molecule has 0 unspecified atom stereocenters. The van der Waals surface area contributed by atoms with Crippen LogP contribution in [0.3, 0.4) is 0 Å². The molecule has 0 aliphatic rings. The average Bonchev–Trinajstić information content (AvgIpc) is 2.87. The molecule has 1 N–H and O–H groups in total. The van der Waals surface area contributed by atoms with Gasteiger partial charge in [0, 0.05) is 18.1 Å². The monoisotopic (exact) mass is 274 g/mol. The topological polar surface area (TPSA) is 36.4 Å². The van der Waals surface area contributed by atoms with Gasteiger partial charge in [0.25, 0.3) is 0 Å². The van der Waals surface area contributed by atoms with Crippen molar-refractivity contribution in [2.75, 3.05) is 11.9 Å². The first kappa shape index (κ1) is 11.9. The molecule has 0 amide bonds. The van der Waals surface area contributed by atoms with E-state index in [-0.39, 0.29) is 6.61 Å². The largest absolute Gasteiger partial charge is 0.391 e. The summed E-state index contributed by atoms with van der Waals surface area (Å²) < 4.78 is 0.804. The first-order valence-corrected chi connectivity index (χ1v) is 6.71. The van der Waals surface area contributed by atoms with Crippen LogP contribution < -0.4 is 4.90 Å². The van der Waals surface area contributed by atoms with Gasteiger partial charge in [0.2, 0.25) is 0 Å². The normalized spacial score (nSPS) is 10.7. The highest BCUT2D eigenvalue weighted by Crippen LogP contribution is 2.26. The van der Waals surface area contributed by atoms with E-state index < -0.39 is 0 Å². The molecule has 2 heterocycles. The number of halogens is 1. The van der Waals surface area contributed by atoms with Gasteiger partial charge in [-0.1, -0.05) is 22.9 Å². The zero-order valence-corrected chi connectivity index (χ0v) is 11.1. The number of nitrogens with zero attached hydrogens (tertiary/aromatic N) is 2. The van der Waals surface area contributed by atoms with Crippen molar-refractivity contribution in [3.05, 3.63) is 32.4 Å². The highest BCUT2D eigenvalue weighted by atomic mass is 35.5. The number of thiophene rings is 1. The summed E-state index contributed by atoms with van der Waals surface area (Å²) in [5, 5.41) is 9.87. The summed E-state index contributed by atoms with van der Waals surface area (Å²) in [4.78, 5) is 8.38. The van der Waals surface area contributed by atoms with Crippen LogP contribution in [0.25, 0.3) is 0 Å². The molecule has 0 bridgehead atoms. The SMILES string of the molecule is CN(Cc1ccc(Cl)s1)c1ncc(CO)s1. The van der Waals surface area contributed by atoms with Gasteiger partial charge >= 0.3 is 0 Å². The van der Waals surface area contributed by atoms with Crippen molar-refractivity contribution >= 4 is 39.4 Å². The molecule has 2 rings (SSSR count). The smallest absolute Gasteiger partial charge is 0.185 e. The minimum atomic E-state index is 0.0519. The van der Waals surface area contributed by atoms with Gasteiger partial charge in [-0.25, -0.2) is 4.98 Å². The fourth-order valence-electron chi connectivity index (χ4n) is 1.28. The van der Waals surface area contributed by atoms with Crippen molar-refractivity contribution in [2.24, 2.45) is 0 Å². The lowest BCUT2D eigenvalue weighted by Gasteiger charge is -2.13. The van der Waals surface area contributed by atoms with Crippen LogP contribution in [0.1, 0.15) is 9.75 Å². The number of hydrogen-bond acceptors (Lipinski definition) is 5. The molecule has 0 fully saturated rings. The Labute approximate surface area is 107 Å². The van der Waals surface area contributed by atoms with Crippen LogP contribution in [-0.2, 0) is 13.2 Å². The second kappa shape index (κ2) is 5.14. The number of anilines is 1. The summed E-state index contributed by atoms with van der Waals surface area (Å²) in [6, 6.07) is 3.92. The fourth-order valence-corrected chi connectivity index (χ4v) is 3.16. The van der Waals surface area contributed by atoms with Crippen molar-refractivity contribution < 1.29 is 5.11 Å². The van der Waals surface area contributed by atoms with E-state index in [4.69, 9.17) is 16.7 Å². The predicted octanol–water partition coefficient (Wildman–Crippen LogP) is 2.99. The highest BCUT2D eigenvalue weighted by molar-refractivity contribution is 7.16. The molecule has 0 aromatic carbocycles. The summed E-state index contributed by atoms with van der Waals surface area (Å²) in [5.41, 5.74) is 0. The van der Waals surface area contributed by atoms with Crippen LogP contribution in [0, 0.1) is 0 Å². The molecule has 0 atom stereocenters. The van der Waals surface area contributed by atoms with Gasteiger partial charge in [-0.15, -0.1) is 11.3 Å². The molecule has 2 aromatic rings. The summed E-state index contributed by atoms with van der Waals surface area (Å²) in [7, 11) is 1.98. The first-order valence-electron chi connectivity index (χ1n) is 4.70. The summed E-state index contributed by atoms with van der Waals surface area (Å²) in [6.45, 7) is 0.839. The fraction of sp³-hybridized carbons (Fsp3) is 0.300. The molecule has 0 saturated heterocycles. The van der Waals surface area contributed by atoms with Crippen molar-refractivity contribution in [3.63, 3.8) is 0 Å². The third kappa shape index (κ3) is 2.74. The van der Waals surface area contributed by atoms with Crippen LogP contribution in [0.15, 0.2) is 18.3 Å². The van der Waals surface area contributed by atoms with Crippen LogP contribution in [0.4, 0.5) is 5.13 Å². The van der Waals surface area contributed by atoms with Gasteiger partial charge in [0.15, 0.2) is 5.13 Å². The molecule has 16 heavy (non-hydrogen) atoms. The first-order chi connectivity index (χ1) is 7.69. The van der Waals surface area contributed by atoms with Crippen LogP contribution >= 0.6 is 34.3 Å². The van der Waals surface area contributed by atoms with Crippen LogP contribution in [0.2, 0.25) is 4.34 Å². The Bertz CT molecular complexity index is 469. The average molecular weight is 275 g/mol. The third-order valence-electron chi connectivity index (χ3n) is 2.05. The minimum Gasteiger partial charge on any atom is -0.391 e. The maximum absolute atomic E-state index is 8.96. The Kier molecular flexibility index (Phi) is 3.81. The van der Waals surface area contributed by atoms with Crippen molar-refractivity contribution in [3.8, 4) is 0 Å². The van der Waals surface area contributed by atoms with Crippen molar-refractivity contribution in [1.29, 1.82) is 0 Å². The van der Waals surface area contributed by atoms with Crippen LogP contribution in [-0.4, -0.2) is 17.1 Å². The zero-order valence-electron chi connectivity index (χ0n) is 8.68. The standard InChI is InChI=1S/C10H11ClN2OS2/c1-13(5-7-2-3-9(11)15-7)10-12-4-8(6-14)16-10/h2-4,14H,5-6H2,1H3. The van der Waals surface area contributed by atoms with Crippen molar-refractivity contribution in [1.82, 2.24) is 4.98 Å². The number of rotatable bonds is 4. The summed E-state index contributed by atoms with van der Waals surface area (Å²) in [5.74, 6) is 0. The van der Waals surface area contributed by atoms with Gasteiger partial charge in [0.05, 0.1) is 22.4 Å². The van der Waals surface area contributed by atoms with Gasteiger partial charge in [-0.05, 0) is 12.1 Å². The number of aromatic nitrogens is 1. The van der Waals surface area contributed by atoms with Gasteiger partial charge < -0.3 is 10.0 Å². The van der Waals surface area contributed by atoms with E-state index >= 15 is 0 Å². The Hall–Kier alpha value is -0.620. The van der Waals surface area contributed by atoms with E-state index in [9.17, 15) is 0 Å². The minimum absolute atomic E-state index is 0.0519. The molecular formula is C10H11ClN2OS2. The molecule has 2 aromatic heterocycles. The summed E-state index contributed by atoms with van der Waals surface area (Å²) in [6.07, 6.45) is 1.71. The molecule has 0 aliphatic carbocycles. The number of aliphatic hydroxyl groups excluding tert-OH is 1. The Morgan fingerprint density at radius 1 is 1.38 bits per heavy atom. The maximum atomic E-state index is 8.96. The van der Waals surface area contributed by atoms with Gasteiger partial charge in [0.1, 0.15) is 0 Å². The third-order valence-corrected chi connectivity index (χ3v) is 4.36. The maximum Gasteiger partial charge on any atom is 0.185 e. The van der Waals surface area contributed by atoms with E-state index in [0.29, 0.717) is 0 Å². The molecule has 0 radical (unpaired) electrons. The number of thiazole rings is 1. The van der Waals surface area contributed by atoms with Crippen LogP contribution in [0.5, 0.6) is 0 Å². The lowest BCUT2D eigenvalue weighted by atomic mass is 10.4. The Morgan fingerprint density at radius 3 is 2.75 bits per heavy atom. The molecule has 0 saturated carbocycles. The number of hydrogen-bond donors (Lipinski definition) is 1. The lowest BCUT2D eigenvalue weighted by molar-refractivity contribution is 0.285. The summed E-state index contributed by atoms with van der Waals surface area (Å²) >= 11 is 8.95. The number of aliphatic hydroxyl groups is 1. The Balaban J connectivity index is 2.05. The molecule has 3 nitrogen and oxygen atoms in total. The predicted molar refractivity (Wildman–Crippen MR) is 69.5 cm³/mol. The quantitative estimate of drug-likeness (QED) is 0.931. The second-order valence-electron chi connectivity index (χ2n) is 3.33. The van der Waals surface area contributed by atoms with Gasteiger partial charge in [-0.2, -0.15) is 0 Å². The van der Waals surface area contributed by atoms with E-state index in [2.05, 4.69) is 4.98 Å². The molecule has 0 aliphatic heterocycles. The molecular weight excluding hydrogens is 264 g/mol. The highest BCUT2D eigenvalue weighted by Gasteiger charge is 2.08. The molecule has 86 valence electrons. The zero-order chi connectivity index (χ0) is 11.5. The Morgan fingerprint density at radius 2 is 2.19 bits per heavy atom. The van der Waals surface area contributed by atoms with E-state index in [1.807, 2.05) is 24.1 Å². The van der Waals surface area contributed by atoms with Gasteiger partial charge in [-0.3, -0.25) is 0 Å². The molecule has 6 heteroatoms. The van der Waals surface area contributed by atoms with E-state index in [1.54, 1.807) is 17.5 Å². The lowest BCUT2D eigenvalue weighted by Crippen LogP contribution is -2.14.